The maximum absolute atomic E-state index is 11.0. The molecule has 9 nitrogen and oxygen atoms in total. The molecule has 1 aromatic rings. The zero-order valence-electron chi connectivity index (χ0n) is 12.5. The van der Waals surface area contributed by atoms with Crippen molar-refractivity contribution >= 4 is 5.69 Å². The zero-order valence-corrected chi connectivity index (χ0v) is 12.5. The van der Waals surface area contributed by atoms with Gasteiger partial charge in [0, 0.05) is 18.1 Å². The number of nitrogens with zero attached hydrogens (tertiary/aromatic N) is 6. The molecule has 0 unspecified atom stereocenters. The van der Waals surface area contributed by atoms with Crippen LogP contribution >= 0.6 is 0 Å². The molecule has 0 heterocycles. The van der Waals surface area contributed by atoms with Crippen molar-refractivity contribution in [3.8, 4) is 30.3 Å². The third-order valence-corrected chi connectivity index (χ3v) is 4.27. The monoisotopic (exact) mass is 329 g/mol. The number of non-ortho nitro benzene ring substituents is 1. The molecule has 9 heteroatoms. The third-order valence-electron chi connectivity index (χ3n) is 4.27. The van der Waals surface area contributed by atoms with Crippen LogP contribution in [-0.2, 0) is 0 Å². The summed E-state index contributed by atoms with van der Waals surface area (Å²) in [6.07, 6.45) is 0. The van der Waals surface area contributed by atoms with E-state index in [0.29, 0.717) is 0 Å². The highest BCUT2D eigenvalue weighted by atomic mass is 16.6. The zero-order chi connectivity index (χ0) is 18.8. The normalized spacial score (nSPS) is 22.0. The minimum absolute atomic E-state index is 0.178. The number of hydrogen-bond donors (Lipinski definition) is 1. The number of nitrogens with two attached hydrogens (primary N) is 1. The molecule has 0 aliphatic heterocycles. The summed E-state index contributed by atoms with van der Waals surface area (Å²) in [4.78, 5) is 10.3. The Morgan fingerprint density at radius 2 is 1.72 bits per heavy atom. The van der Waals surface area contributed by atoms with Crippen molar-refractivity contribution in [2.75, 3.05) is 0 Å². The maximum atomic E-state index is 11.0. The van der Waals surface area contributed by atoms with Crippen LogP contribution in [0.1, 0.15) is 11.5 Å². The van der Waals surface area contributed by atoms with Gasteiger partial charge in [0.05, 0.1) is 28.8 Å². The fourth-order valence-electron chi connectivity index (χ4n) is 3.05. The van der Waals surface area contributed by atoms with Crippen LogP contribution in [0.3, 0.4) is 0 Å². The van der Waals surface area contributed by atoms with Gasteiger partial charge in [-0.05, 0) is 5.56 Å². The van der Waals surface area contributed by atoms with Crippen LogP contribution in [0.25, 0.3) is 0 Å². The van der Waals surface area contributed by atoms with E-state index < -0.39 is 32.9 Å². The van der Waals surface area contributed by atoms with Gasteiger partial charge in [-0.2, -0.15) is 26.3 Å². The SMILES string of the molecule is N#CC(C#N)=C(N)[C@@]1(C#N)[C@@H](c2cccc([N+](=O)[O-])c2)C1(C#N)C#N. The van der Waals surface area contributed by atoms with Crippen LogP contribution in [0.15, 0.2) is 35.5 Å². The van der Waals surface area contributed by atoms with Crippen LogP contribution in [0, 0.1) is 77.6 Å². The van der Waals surface area contributed by atoms with Crippen molar-refractivity contribution in [3.63, 3.8) is 0 Å². The average molecular weight is 329 g/mol. The summed E-state index contributed by atoms with van der Waals surface area (Å²) in [5, 5.41) is 57.6. The van der Waals surface area contributed by atoms with E-state index in [9.17, 15) is 25.9 Å². The molecule has 0 spiro atoms. The summed E-state index contributed by atoms with van der Waals surface area (Å²) in [6.45, 7) is 0. The summed E-state index contributed by atoms with van der Waals surface area (Å²) in [7, 11) is 0. The van der Waals surface area contributed by atoms with E-state index in [1.54, 1.807) is 18.2 Å². The number of nitro benzene ring substituents is 1. The van der Waals surface area contributed by atoms with Gasteiger partial charge in [-0.3, -0.25) is 10.1 Å². The number of rotatable bonds is 3. The standard InChI is InChI=1S/C16H7N7O2/c17-5-11(6-18)14(22)16(9-21)13(15(16,7-19)8-20)10-2-1-3-12(4-10)23(24)25/h1-4,13H,22H2/t13-,16+/m0/s1. The number of benzene rings is 1. The lowest BCUT2D eigenvalue weighted by molar-refractivity contribution is -0.384. The van der Waals surface area contributed by atoms with Gasteiger partial charge in [0.2, 0.25) is 0 Å². The maximum Gasteiger partial charge on any atom is 0.269 e. The number of allylic oxidation sites excluding steroid dienone is 2. The van der Waals surface area contributed by atoms with E-state index >= 15 is 0 Å². The molecular formula is C16H7N7O2. The first-order chi connectivity index (χ1) is 11.9. The molecular weight excluding hydrogens is 322 g/mol. The van der Waals surface area contributed by atoms with Gasteiger partial charge in [0.1, 0.15) is 23.1 Å². The van der Waals surface area contributed by atoms with E-state index in [0.717, 1.165) is 6.07 Å². The van der Waals surface area contributed by atoms with Crippen molar-refractivity contribution in [2.45, 2.75) is 5.92 Å². The second-order valence-electron chi connectivity index (χ2n) is 5.25. The minimum Gasteiger partial charge on any atom is -0.399 e. The molecule has 2 rings (SSSR count). The molecule has 1 fully saturated rings. The summed E-state index contributed by atoms with van der Waals surface area (Å²) in [6, 6.07) is 13.5. The van der Waals surface area contributed by atoms with Crippen LogP contribution in [0.2, 0.25) is 0 Å². The molecule has 118 valence electrons. The summed E-state index contributed by atoms with van der Waals surface area (Å²) < 4.78 is 0. The Labute approximate surface area is 141 Å². The van der Waals surface area contributed by atoms with Crippen LogP contribution in [0.5, 0.6) is 0 Å². The van der Waals surface area contributed by atoms with Crippen molar-refractivity contribution in [2.24, 2.45) is 16.6 Å². The lowest BCUT2D eigenvalue weighted by Crippen LogP contribution is -2.20. The van der Waals surface area contributed by atoms with E-state index in [1.165, 1.54) is 30.3 Å². The number of nitro groups is 1. The molecule has 2 N–H and O–H groups in total. The van der Waals surface area contributed by atoms with Crippen LogP contribution in [-0.4, -0.2) is 4.92 Å². The quantitative estimate of drug-likeness (QED) is 0.490. The predicted octanol–water partition coefficient (Wildman–Crippen LogP) is 1.50. The minimum atomic E-state index is -1.96. The molecule has 25 heavy (non-hydrogen) atoms. The average Bonchev–Trinajstić information content (AvgIpc) is 3.26. The summed E-state index contributed by atoms with van der Waals surface area (Å²) >= 11 is 0. The van der Waals surface area contributed by atoms with Crippen molar-refractivity contribution in [3.05, 3.63) is 51.2 Å². The summed E-state index contributed by atoms with van der Waals surface area (Å²) in [5.41, 5.74) is 0.746. The molecule has 0 saturated heterocycles. The molecule has 1 aliphatic carbocycles. The molecule has 0 aromatic heterocycles. The van der Waals surface area contributed by atoms with Gasteiger partial charge < -0.3 is 5.73 Å². The predicted molar refractivity (Wildman–Crippen MR) is 80.0 cm³/mol. The van der Waals surface area contributed by atoms with E-state index in [4.69, 9.17) is 16.3 Å². The lowest BCUT2D eigenvalue weighted by atomic mass is 9.90. The Balaban J connectivity index is 2.79. The lowest BCUT2D eigenvalue weighted by Gasteiger charge is -2.09. The molecule has 0 bridgehead atoms. The van der Waals surface area contributed by atoms with Gasteiger partial charge in [0.15, 0.2) is 5.41 Å². The first-order valence-electron chi connectivity index (χ1n) is 6.68. The fraction of sp³-hybridized carbons (Fsp3) is 0.188. The first-order valence-corrected chi connectivity index (χ1v) is 6.68. The molecule has 1 aliphatic rings. The Bertz CT molecular complexity index is 993. The molecule has 0 radical (unpaired) electrons. The largest absolute Gasteiger partial charge is 0.399 e. The van der Waals surface area contributed by atoms with Gasteiger partial charge in [-0.25, -0.2) is 0 Å². The van der Waals surface area contributed by atoms with Crippen molar-refractivity contribution < 1.29 is 4.92 Å². The molecule has 0 amide bonds. The number of hydrogen-bond acceptors (Lipinski definition) is 8. The second kappa shape index (κ2) is 5.67. The van der Waals surface area contributed by atoms with Gasteiger partial charge >= 0.3 is 0 Å². The topological polar surface area (TPSA) is 188 Å². The molecule has 2 atom stereocenters. The fourth-order valence-corrected chi connectivity index (χ4v) is 3.05. The van der Waals surface area contributed by atoms with Gasteiger partial charge in [-0.15, -0.1) is 0 Å². The Morgan fingerprint density at radius 3 is 2.16 bits per heavy atom. The Morgan fingerprint density at radius 1 is 1.12 bits per heavy atom. The Hall–Kier alpha value is -4.39. The smallest absolute Gasteiger partial charge is 0.269 e. The van der Waals surface area contributed by atoms with Crippen LogP contribution in [0.4, 0.5) is 5.69 Å². The van der Waals surface area contributed by atoms with Gasteiger partial charge in [0.25, 0.3) is 5.69 Å². The third kappa shape index (κ3) is 1.97. The van der Waals surface area contributed by atoms with E-state index in [2.05, 4.69) is 0 Å². The van der Waals surface area contributed by atoms with Crippen LogP contribution < -0.4 is 5.73 Å². The number of nitriles is 5. The first kappa shape index (κ1) is 17.0. The highest BCUT2D eigenvalue weighted by molar-refractivity contribution is 5.63. The second-order valence-corrected chi connectivity index (χ2v) is 5.25. The Kier molecular flexibility index (Phi) is 3.85. The molecule has 1 aromatic carbocycles. The van der Waals surface area contributed by atoms with Gasteiger partial charge in [-0.1, -0.05) is 12.1 Å². The highest BCUT2D eigenvalue weighted by Gasteiger charge is 2.82. The summed E-state index contributed by atoms with van der Waals surface area (Å²) in [5.74, 6) is -1.13. The van der Waals surface area contributed by atoms with Crippen molar-refractivity contribution in [1.82, 2.24) is 0 Å². The molecule has 1 saturated carbocycles. The van der Waals surface area contributed by atoms with E-state index in [1.807, 2.05) is 0 Å². The van der Waals surface area contributed by atoms with E-state index in [-0.39, 0.29) is 11.3 Å². The van der Waals surface area contributed by atoms with Crippen molar-refractivity contribution in [1.29, 1.82) is 26.3 Å². The highest BCUT2D eigenvalue weighted by Crippen LogP contribution is 2.76.